The lowest BCUT2D eigenvalue weighted by Gasteiger charge is -2.19. The summed E-state index contributed by atoms with van der Waals surface area (Å²) in [5, 5.41) is 2.66. The van der Waals surface area contributed by atoms with Crippen LogP contribution in [-0.4, -0.2) is 43.6 Å². The molecule has 1 amide bonds. The SMILES string of the molecule is CC(=O)c1ccc(OCC(=O)OC(C)C(=O)Nc2ccc3c(c2)OCCO3)cc1. The molecule has 0 saturated carbocycles. The first-order valence-electron chi connectivity index (χ1n) is 9.06. The third-order valence-electron chi connectivity index (χ3n) is 4.10. The van der Waals surface area contributed by atoms with Crippen LogP contribution >= 0.6 is 0 Å². The fourth-order valence-corrected chi connectivity index (χ4v) is 2.58. The van der Waals surface area contributed by atoms with Gasteiger partial charge in [0.15, 0.2) is 30.0 Å². The minimum absolute atomic E-state index is 0.0613. The third-order valence-corrected chi connectivity index (χ3v) is 4.10. The van der Waals surface area contributed by atoms with Gasteiger partial charge in [0, 0.05) is 17.3 Å². The molecule has 0 saturated heterocycles. The van der Waals surface area contributed by atoms with E-state index in [0.29, 0.717) is 41.7 Å². The molecule has 1 atom stereocenters. The fourth-order valence-electron chi connectivity index (χ4n) is 2.58. The molecule has 0 bridgehead atoms. The van der Waals surface area contributed by atoms with E-state index in [9.17, 15) is 14.4 Å². The van der Waals surface area contributed by atoms with Crippen molar-refractivity contribution in [1.82, 2.24) is 0 Å². The first kappa shape index (κ1) is 20.2. The Bertz CT molecular complexity index is 908. The highest BCUT2D eigenvalue weighted by Gasteiger charge is 2.19. The number of hydrogen-bond donors (Lipinski definition) is 1. The number of Topliss-reactive ketones (excluding diaryl/α,β-unsaturated/α-hetero) is 1. The lowest BCUT2D eigenvalue weighted by molar-refractivity contribution is -0.155. The number of benzene rings is 2. The topological polar surface area (TPSA) is 100 Å². The summed E-state index contributed by atoms with van der Waals surface area (Å²) in [6, 6.07) is 11.4. The molecule has 0 radical (unpaired) electrons. The zero-order valence-electron chi connectivity index (χ0n) is 16.1. The van der Waals surface area contributed by atoms with Gasteiger partial charge < -0.3 is 24.3 Å². The number of ketones is 1. The Morgan fingerprint density at radius 1 is 1.03 bits per heavy atom. The molecular weight excluding hydrogens is 378 g/mol. The minimum Gasteiger partial charge on any atom is -0.486 e. The van der Waals surface area contributed by atoms with Crippen LogP contribution in [0.5, 0.6) is 17.2 Å². The van der Waals surface area contributed by atoms with Gasteiger partial charge in [-0.15, -0.1) is 0 Å². The summed E-state index contributed by atoms with van der Waals surface area (Å²) in [4.78, 5) is 35.4. The van der Waals surface area contributed by atoms with Crippen LogP contribution in [0.2, 0.25) is 0 Å². The molecule has 1 aliphatic rings. The summed E-state index contributed by atoms with van der Waals surface area (Å²) >= 11 is 0. The predicted molar refractivity (Wildman–Crippen MR) is 104 cm³/mol. The van der Waals surface area contributed by atoms with Gasteiger partial charge in [0.2, 0.25) is 0 Å². The molecule has 0 aromatic heterocycles. The number of carbonyl (C=O) groups excluding carboxylic acids is 3. The first-order chi connectivity index (χ1) is 13.9. The van der Waals surface area contributed by atoms with Crippen LogP contribution in [0.15, 0.2) is 42.5 Å². The highest BCUT2D eigenvalue weighted by Crippen LogP contribution is 2.32. The van der Waals surface area contributed by atoms with Crippen molar-refractivity contribution >= 4 is 23.3 Å². The van der Waals surface area contributed by atoms with Crippen molar-refractivity contribution in [3.05, 3.63) is 48.0 Å². The molecule has 152 valence electrons. The Kier molecular flexibility index (Phi) is 6.33. The predicted octanol–water partition coefficient (Wildman–Crippen LogP) is 2.61. The van der Waals surface area contributed by atoms with E-state index >= 15 is 0 Å². The van der Waals surface area contributed by atoms with Crippen molar-refractivity contribution in [2.45, 2.75) is 20.0 Å². The molecule has 0 aliphatic carbocycles. The molecule has 2 aromatic carbocycles. The molecule has 8 nitrogen and oxygen atoms in total. The average molecular weight is 399 g/mol. The molecule has 1 heterocycles. The lowest BCUT2D eigenvalue weighted by atomic mass is 10.1. The number of nitrogens with one attached hydrogen (secondary N) is 1. The molecule has 0 fully saturated rings. The van der Waals surface area contributed by atoms with Crippen molar-refractivity contribution in [1.29, 1.82) is 0 Å². The van der Waals surface area contributed by atoms with Gasteiger partial charge in [0.1, 0.15) is 19.0 Å². The van der Waals surface area contributed by atoms with E-state index in [1.807, 2.05) is 0 Å². The van der Waals surface area contributed by atoms with Gasteiger partial charge >= 0.3 is 5.97 Å². The number of esters is 1. The summed E-state index contributed by atoms with van der Waals surface area (Å²) < 4.78 is 21.3. The zero-order chi connectivity index (χ0) is 20.8. The summed E-state index contributed by atoms with van der Waals surface area (Å²) in [5.41, 5.74) is 1.05. The second-order valence-electron chi connectivity index (χ2n) is 6.35. The van der Waals surface area contributed by atoms with E-state index in [2.05, 4.69) is 5.32 Å². The number of amides is 1. The van der Waals surface area contributed by atoms with Gasteiger partial charge in [-0.2, -0.15) is 0 Å². The second-order valence-corrected chi connectivity index (χ2v) is 6.35. The van der Waals surface area contributed by atoms with Gasteiger partial charge in [0.05, 0.1) is 0 Å². The van der Waals surface area contributed by atoms with E-state index < -0.39 is 18.0 Å². The average Bonchev–Trinajstić information content (AvgIpc) is 2.72. The Balaban J connectivity index is 1.47. The molecule has 1 aliphatic heterocycles. The van der Waals surface area contributed by atoms with Crippen molar-refractivity contribution in [3.8, 4) is 17.2 Å². The largest absolute Gasteiger partial charge is 0.486 e. The quantitative estimate of drug-likeness (QED) is 0.564. The summed E-state index contributed by atoms with van der Waals surface area (Å²) in [6.07, 6.45) is -1.01. The molecule has 0 spiro atoms. The third kappa shape index (κ3) is 5.47. The number of anilines is 1. The molecule has 1 unspecified atom stereocenters. The fraction of sp³-hybridized carbons (Fsp3) is 0.286. The van der Waals surface area contributed by atoms with Gasteiger partial charge in [-0.25, -0.2) is 4.79 Å². The Morgan fingerprint density at radius 3 is 2.41 bits per heavy atom. The standard InChI is InChI=1S/C21H21NO7/c1-13(23)15-3-6-17(7-4-15)28-12-20(24)29-14(2)21(25)22-16-5-8-18-19(11-16)27-10-9-26-18/h3-8,11,14H,9-10,12H2,1-2H3,(H,22,25). The van der Waals surface area contributed by atoms with Crippen molar-refractivity contribution in [3.63, 3.8) is 0 Å². The number of hydrogen-bond acceptors (Lipinski definition) is 7. The van der Waals surface area contributed by atoms with E-state index in [0.717, 1.165) is 0 Å². The molecule has 3 rings (SSSR count). The maximum absolute atomic E-state index is 12.3. The number of ether oxygens (including phenoxy) is 4. The zero-order valence-corrected chi connectivity index (χ0v) is 16.1. The Hall–Kier alpha value is -3.55. The minimum atomic E-state index is -1.01. The van der Waals surface area contributed by atoms with Gasteiger partial charge in [0.25, 0.3) is 5.91 Å². The highest BCUT2D eigenvalue weighted by molar-refractivity contribution is 5.95. The maximum Gasteiger partial charge on any atom is 0.344 e. The van der Waals surface area contributed by atoms with Crippen LogP contribution in [0.3, 0.4) is 0 Å². The van der Waals surface area contributed by atoms with Crippen LogP contribution in [0, 0.1) is 0 Å². The van der Waals surface area contributed by atoms with Crippen LogP contribution in [0.4, 0.5) is 5.69 Å². The van der Waals surface area contributed by atoms with Gasteiger partial charge in [-0.3, -0.25) is 9.59 Å². The van der Waals surface area contributed by atoms with Crippen molar-refractivity contribution in [2.24, 2.45) is 0 Å². The van der Waals surface area contributed by atoms with Crippen molar-refractivity contribution in [2.75, 3.05) is 25.1 Å². The van der Waals surface area contributed by atoms with Crippen LogP contribution in [-0.2, 0) is 14.3 Å². The normalized spacial score (nSPS) is 13.2. The van der Waals surface area contributed by atoms with E-state index in [1.165, 1.54) is 13.8 Å². The Morgan fingerprint density at radius 2 is 1.72 bits per heavy atom. The monoisotopic (exact) mass is 399 g/mol. The molecule has 1 N–H and O–H groups in total. The van der Waals surface area contributed by atoms with E-state index in [4.69, 9.17) is 18.9 Å². The van der Waals surface area contributed by atoms with Gasteiger partial charge in [-0.05, 0) is 50.2 Å². The Labute approximate surface area is 167 Å². The molecular formula is C21H21NO7. The van der Waals surface area contributed by atoms with E-state index in [1.54, 1.807) is 42.5 Å². The summed E-state index contributed by atoms with van der Waals surface area (Å²) in [7, 11) is 0. The second kappa shape index (κ2) is 9.09. The molecule has 8 heteroatoms. The maximum atomic E-state index is 12.3. The smallest absolute Gasteiger partial charge is 0.344 e. The first-order valence-corrected chi connectivity index (χ1v) is 9.06. The number of rotatable bonds is 7. The summed E-state index contributed by atoms with van der Waals surface area (Å²) in [6.45, 7) is 3.49. The number of carbonyl (C=O) groups is 3. The van der Waals surface area contributed by atoms with Crippen LogP contribution < -0.4 is 19.5 Å². The van der Waals surface area contributed by atoms with Gasteiger partial charge in [-0.1, -0.05) is 0 Å². The lowest BCUT2D eigenvalue weighted by Crippen LogP contribution is -2.31. The summed E-state index contributed by atoms with van der Waals surface area (Å²) in [5.74, 6) is 0.338. The number of fused-ring (bicyclic) bond motifs is 1. The molecule has 2 aromatic rings. The molecule has 29 heavy (non-hydrogen) atoms. The highest BCUT2D eigenvalue weighted by atomic mass is 16.6. The van der Waals surface area contributed by atoms with Crippen molar-refractivity contribution < 1.29 is 33.3 Å². The van der Waals surface area contributed by atoms with Crippen LogP contribution in [0.25, 0.3) is 0 Å². The van der Waals surface area contributed by atoms with E-state index in [-0.39, 0.29) is 12.4 Å². The van der Waals surface area contributed by atoms with Crippen LogP contribution in [0.1, 0.15) is 24.2 Å².